The molecular weight excluding hydrogens is 271 g/mol. The third-order valence-electron chi connectivity index (χ3n) is 5.52. The van der Waals surface area contributed by atoms with Gasteiger partial charge in [-0.25, -0.2) is 4.39 Å². The minimum absolute atomic E-state index is 0.00130. The fourth-order valence-corrected chi connectivity index (χ4v) is 4.48. The van der Waals surface area contributed by atoms with Gasteiger partial charge in [0.05, 0.1) is 19.1 Å². The lowest BCUT2D eigenvalue weighted by molar-refractivity contribution is -0.152. The quantitative estimate of drug-likeness (QED) is 0.853. The maximum absolute atomic E-state index is 13.1. The molecule has 2 bridgehead atoms. The second kappa shape index (κ2) is 5.41. The van der Waals surface area contributed by atoms with Crippen LogP contribution in [0.3, 0.4) is 0 Å². The molecule has 0 radical (unpaired) electrons. The number of hydrogen-bond acceptors (Lipinski definition) is 3. The highest BCUT2D eigenvalue weighted by Gasteiger charge is 2.54. The van der Waals surface area contributed by atoms with Crippen molar-refractivity contribution >= 4 is 5.97 Å². The van der Waals surface area contributed by atoms with E-state index < -0.39 is 6.10 Å². The molecule has 2 aliphatic rings. The second-order valence-electron chi connectivity index (χ2n) is 6.44. The van der Waals surface area contributed by atoms with Crippen molar-refractivity contribution < 1.29 is 19.0 Å². The molecule has 1 unspecified atom stereocenters. The average Bonchev–Trinajstić information content (AvgIpc) is 2.66. The summed E-state index contributed by atoms with van der Waals surface area (Å²) in [6.07, 6.45) is 1.15. The van der Waals surface area contributed by atoms with Gasteiger partial charge in [-0.05, 0) is 48.3 Å². The first-order valence-electron chi connectivity index (χ1n) is 7.54. The second-order valence-corrected chi connectivity index (χ2v) is 6.44. The Bertz CT molecular complexity index is 527. The zero-order valence-corrected chi connectivity index (χ0v) is 12.3. The first-order chi connectivity index (χ1) is 10.0. The van der Waals surface area contributed by atoms with Crippen molar-refractivity contribution in [3.8, 4) is 0 Å². The van der Waals surface area contributed by atoms with E-state index in [1.807, 2.05) is 0 Å². The first kappa shape index (κ1) is 14.5. The molecule has 3 rings (SSSR count). The number of carbonyl (C=O) groups is 1. The van der Waals surface area contributed by atoms with Gasteiger partial charge in [0.2, 0.25) is 0 Å². The van der Waals surface area contributed by atoms with Crippen molar-refractivity contribution in [3.05, 3.63) is 35.6 Å². The van der Waals surface area contributed by atoms with E-state index in [0.717, 1.165) is 18.4 Å². The number of esters is 1. The molecule has 0 heterocycles. The first-order valence-corrected chi connectivity index (χ1v) is 7.54. The van der Waals surface area contributed by atoms with Crippen molar-refractivity contribution in [1.82, 2.24) is 0 Å². The minimum atomic E-state index is -0.445. The van der Waals surface area contributed by atoms with Crippen LogP contribution in [-0.4, -0.2) is 24.3 Å². The molecule has 6 atom stereocenters. The lowest BCUT2D eigenvalue weighted by Crippen LogP contribution is -2.40. The van der Waals surface area contributed by atoms with E-state index in [0.29, 0.717) is 11.8 Å². The van der Waals surface area contributed by atoms with E-state index in [1.165, 1.54) is 19.2 Å². The van der Waals surface area contributed by atoms with Crippen LogP contribution in [0.15, 0.2) is 24.3 Å². The number of fused-ring (bicyclic) bond motifs is 2. The lowest BCUT2D eigenvalue weighted by atomic mass is 9.64. The Labute approximate surface area is 124 Å². The molecule has 1 N–H and O–H groups in total. The van der Waals surface area contributed by atoms with Crippen LogP contribution in [-0.2, 0) is 9.53 Å². The fraction of sp³-hybridized carbons (Fsp3) is 0.588. The molecule has 114 valence electrons. The van der Waals surface area contributed by atoms with Crippen LogP contribution in [0.4, 0.5) is 4.39 Å². The third-order valence-corrected chi connectivity index (χ3v) is 5.52. The highest BCUT2D eigenvalue weighted by Crippen LogP contribution is 2.55. The Kier molecular flexibility index (Phi) is 3.74. The molecule has 21 heavy (non-hydrogen) atoms. The number of methoxy groups -OCH3 is 1. The molecule has 2 aliphatic carbocycles. The number of ether oxygens (including phenoxy) is 1. The van der Waals surface area contributed by atoms with Crippen molar-refractivity contribution in [3.63, 3.8) is 0 Å². The monoisotopic (exact) mass is 292 g/mol. The summed E-state index contributed by atoms with van der Waals surface area (Å²) < 4.78 is 18.1. The van der Waals surface area contributed by atoms with Gasteiger partial charge in [0, 0.05) is 5.92 Å². The zero-order valence-electron chi connectivity index (χ0n) is 12.3. The number of hydrogen-bond donors (Lipinski definition) is 1. The summed E-state index contributed by atoms with van der Waals surface area (Å²) in [5.74, 6) is -0.209. The van der Waals surface area contributed by atoms with Gasteiger partial charge in [0.1, 0.15) is 5.82 Å². The number of aliphatic hydroxyl groups is 1. The van der Waals surface area contributed by atoms with E-state index in [9.17, 15) is 14.3 Å². The average molecular weight is 292 g/mol. The Hall–Kier alpha value is -1.42. The summed E-state index contributed by atoms with van der Waals surface area (Å²) in [4.78, 5) is 12.3. The maximum atomic E-state index is 13.1. The number of halogens is 1. The van der Waals surface area contributed by atoms with Gasteiger partial charge in [-0.1, -0.05) is 19.1 Å². The summed E-state index contributed by atoms with van der Waals surface area (Å²) in [7, 11) is 1.39. The van der Waals surface area contributed by atoms with Gasteiger partial charge in [-0.15, -0.1) is 0 Å². The largest absolute Gasteiger partial charge is 0.469 e. The SMILES string of the molecule is COC(=O)[C@@H]1[C@@H]2C(C)[C@@H](C[C@H]2O)C[C@H]1c1ccc(F)cc1. The van der Waals surface area contributed by atoms with Crippen LogP contribution in [0.5, 0.6) is 0 Å². The Morgan fingerprint density at radius 3 is 2.57 bits per heavy atom. The molecule has 4 heteroatoms. The van der Waals surface area contributed by atoms with E-state index in [1.54, 1.807) is 12.1 Å². The number of carbonyl (C=O) groups excluding carboxylic acids is 1. The van der Waals surface area contributed by atoms with Crippen LogP contribution in [0.2, 0.25) is 0 Å². The standard InChI is InChI=1S/C17H21FO3/c1-9-11-7-13(10-3-5-12(18)6-4-10)16(17(20)21-2)15(9)14(19)8-11/h3-6,9,11,13-16,19H,7-8H2,1-2H3/t9?,11-,13+,14-,15-,16+/m1/s1. The fourth-order valence-electron chi connectivity index (χ4n) is 4.48. The zero-order chi connectivity index (χ0) is 15.1. The van der Waals surface area contributed by atoms with Gasteiger partial charge in [0.15, 0.2) is 0 Å². The van der Waals surface area contributed by atoms with Crippen LogP contribution >= 0.6 is 0 Å². The van der Waals surface area contributed by atoms with E-state index in [-0.39, 0.29) is 29.5 Å². The molecular formula is C17H21FO3. The predicted molar refractivity (Wildman–Crippen MR) is 76.0 cm³/mol. The summed E-state index contributed by atoms with van der Waals surface area (Å²) in [5, 5.41) is 10.3. The molecule has 1 aromatic rings. The van der Waals surface area contributed by atoms with Crippen molar-refractivity contribution in [2.45, 2.75) is 31.8 Å². The van der Waals surface area contributed by atoms with Crippen molar-refractivity contribution in [1.29, 1.82) is 0 Å². The van der Waals surface area contributed by atoms with Crippen molar-refractivity contribution in [2.24, 2.45) is 23.7 Å². The molecule has 3 nitrogen and oxygen atoms in total. The van der Waals surface area contributed by atoms with E-state index in [4.69, 9.17) is 4.74 Å². The van der Waals surface area contributed by atoms with Crippen LogP contribution < -0.4 is 0 Å². The summed E-state index contributed by atoms with van der Waals surface area (Å²) in [6, 6.07) is 6.36. The number of aliphatic hydroxyl groups excluding tert-OH is 1. The van der Waals surface area contributed by atoms with E-state index in [2.05, 4.69) is 6.92 Å². The molecule has 0 aromatic heterocycles. The molecule has 0 spiro atoms. The highest BCUT2D eigenvalue weighted by atomic mass is 19.1. The molecule has 0 saturated heterocycles. The molecule has 0 aliphatic heterocycles. The number of rotatable bonds is 2. The van der Waals surface area contributed by atoms with Gasteiger partial charge in [-0.3, -0.25) is 4.79 Å². The van der Waals surface area contributed by atoms with Crippen LogP contribution in [0.25, 0.3) is 0 Å². The molecule has 1 aromatic carbocycles. The highest BCUT2D eigenvalue weighted by molar-refractivity contribution is 5.74. The number of benzene rings is 1. The van der Waals surface area contributed by atoms with Gasteiger partial charge in [-0.2, -0.15) is 0 Å². The van der Waals surface area contributed by atoms with Crippen molar-refractivity contribution in [2.75, 3.05) is 7.11 Å². The van der Waals surface area contributed by atoms with Crippen LogP contribution in [0, 0.1) is 29.5 Å². The molecule has 2 fully saturated rings. The Morgan fingerprint density at radius 1 is 1.29 bits per heavy atom. The van der Waals surface area contributed by atoms with Gasteiger partial charge in [0.25, 0.3) is 0 Å². The minimum Gasteiger partial charge on any atom is -0.469 e. The van der Waals surface area contributed by atoms with Gasteiger partial charge >= 0.3 is 5.97 Å². The van der Waals surface area contributed by atoms with Crippen LogP contribution in [0.1, 0.15) is 31.2 Å². The molecule has 0 amide bonds. The normalized spacial score (nSPS) is 38.3. The van der Waals surface area contributed by atoms with E-state index >= 15 is 0 Å². The summed E-state index contributed by atoms with van der Waals surface area (Å²) >= 11 is 0. The lowest BCUT2D eigenvalue weighted by Gasteiger charge is -2.39. The Balaban J connectivity index is 1.98. The summed E-state index contributed by atoms with van der Waals surface area (Å²) in [6.45, 7) is 2.11. The van der Waals surface area contributed by atoms with Gasteiger partial charge < -0.3 is 9.84 Å². The third kappa shape index (κ3) is 2.35. The topological polar surface area (TPSA) is 46.5 Å². The summed E-state index contributed by atoms with van der Waals surface area (Å²) in [5.41, 5.74) is 0.961. The predicted octanol–water partition coefficient (Wildman–Crippen LogP) is 2.74. The molecule has 2 saturated carbocycles. The Morgan fingerprint density at radius 2 is 1.95 bits per heavy atom. The maximum Gasteiger partial charge on any atom is 0.309 e. The smallest absolute Gasteiger partial charge is 0.309 e.